The van der Waals surface area contributed by atoms with Gasteiger partial charge in [-0.05, 0) is 24.0 Å². The SMILES string of the molecule is CCC(CNC(=O)C1Cc2ccccc2CN1)C(=O)O. The van der Waals surface area contributed by atoms with Gasteiger partial charge in [0.15, 0.2) is 0 Å². The van der Waals surface area contributed by atoms with Gasteiger partial charge in [-0.15, -0.1) is 0 Å². The first-order chi connectivity index (χ1) is 9.61. The van der Waals surface area contributed by atoms with E-state index in [1.807, 2.05) is 24.3 Å². The van der Waals surface area contributed by atoms with E-state index >= 15 is 0 Å². The Bertz CT molecular complexity index is 502. The van der Waals surface area contributed by atoms with Gasteiger partial charge >= 0.3 is 5.97 Å². The van der Waals surface area contributed by atoms with Crippen molar-refractivity contribution in [2.75, 3.05) is 6.54 Å². The highest BCUT2D eigenvalue weighted by atomic mass is 16.4. The van der Waals surface area contributed by atoms with Crippen LogP contribution in [0.25, 0.3) is 0 Å². The molecule has 2 rings (SSSR count). The first-order valence-electron chi connectivity index (χ1n) is 6.92. The van der Waals surface area contributed by atoms with Crippen LogP contribution >= 0.6 is 0 Å². The molecule has 0 spiro atoms. The highest BCUT2D eigenvalue weighted by molar-refractivity contribution is 5.83. The second kappa shape index (κ2) is 6.52. The van der Waals surface area contributed by atoms with Gasteiger partial charge in [-0.1, -0.05) is 31.2 Å². The normalized spacial score (nSPS) is 18.9. The summed E-state index contributed by atoms with van der Waals surface area (Å²) >= 11 is 0. The number of aliphatic carboxylic acids is 1. The predicted octanol–water partition coefficient (Wildman–Crippen LogP) is 0.928. The average Bonchev–Trinajstić information content (AvgIpc) is 2.46. The summed E-state index contributed by atoms with van der Waals surface area (Å²) < 4.78 is 0. The van der Waals surface area contributed by atoms with Gasteiger partial charge in [0, 0.05) is 13.1 Å². The summed E-state index contributed by atoms with van der Waals surface area (Å²) in [5.74, 6) is -1.51. The number of hydrogen-bond acceptors (Lipinski definition) is 3. The average molecular weight is 276 g/mol. The number of hydrogen-bond donors (Lipinski definition) is 3. The van der Waals surface area contributed by atoms with E-state index in [1.165, 1.54) is 11.1 Å². The third-order valence-electron chi connectivity index (χ3n) is 3.76. The molecule has 0 bridgehead atoms. The van der Waals surface area contributed by atoms with Crippen molar-refractivity contribution in [2.45, 2.75) is 32.4 Å². The van der Waals surface area contributed by atoms with Crippen LogP contribution in [0.4, 0.5) is 0 Å². The molecule has 0 fully saturated rings. The van der Waals surface area contributed by atoms with Gasteiger partial charge in [0.25, 0.3) is 0 Å². The van der Waals surface area contributed by atoms with Crippen LogP contribution in [0.5, 0.6) is 0 Å². The largest absolute Gasteiger partial charge is 0.481 e. The Morgan fingerprint density at radius 2 is 2.10 bits per heavy atom. The molecule has 0 radical (unpaired) electrons. The molecule has 0 aliphatic carbocycles. The van der Waals surface area contributed by atoms with Crippen LogP contribution in [0, 0.1) is 5.92 Å². The zero-order valence-electron chi connectivity index (χ0n) is 11.6. The molecule has 0 aromatic heterocycles. The lowest BCUT2D eigenvalue weighted by atomic mass is 9.95. The van der Waals surface area contributed by atoms with Gasteiger partial charge in [-0.25, -0.2) is 0 Å². The quantitative estimate of drug-likeness (QED) is 0.747. The molecular weight excluding hydrogens is 256 g/mol. The lowest BCUT2D eigenvalue weighted by Gasteiger charge is -2.25. The van der Waals surface area contributed by atoms with Crippen LogP contribution in [0.15, 0.2) is 24.3 Å². The summed E-state index contributed by atoms with van der Waals surface area (Å²) in [6.45, 7) is 2.66. The fourth-order valence-electron chi connectivity index (χ4n) is 2.39. The zero-order chi connectivity index (χ0) is 14.5. The summed E-state index contributed by atoms with van der Waals surface area (Å²) in [6, 6.07) is 7.75. The number of carboxylic acid groups (broad SMARTS) is 1. The lowest BCUT2D eigenvalue weighted by molar-refractivity contribution is -0.141. The summed E-state index contributed by atoms with van der Waals surface area (Å²) in [7, 11) is 0. The van der Waals surface area contributed by atoms with Gasteiger partial charge in [-0.2, -0.15) is 0 Å². The zero-order valence-corrected chi connectivity index (χ0v) is 11.6. The van der Waals surface area contributed by atoms with Crippen LogP contribution in [0.3, 0.4) is 0 Å². The second-order valence-electron chi connectivity index (χ2n) is 5.09. The third-order valence-corrected chi connectivity index (χ3v) is 3.76. The summed E-state index contributed by atoms with van der Waals surface area (Å²) in [5, 5.41) is 14.9. The number of nitrogens with one attached hydrogen (secondary N) is 2. The van der Waals surface area contributed by atoms with Gasteiger partial charge in [0.1, 0.15) is 0 Å². The molecule has 2 atom stereocenters. The van der Waals surface area contributed by atoms with E-state index < -0.39 is 11.9 Å². The first-order valence-corrected chi connectivity index (χ1v) is 6.92. The topological polar surface area (TPSA) is 78.4 Å². The van der Waals surface area contributed by atoms with E-state index in [2.05, 4.69) is 10.6 Å². The summed E-state index contributed by atoms with van der Waals surface area (Å²) in [5.41, 5.74) is 2.39. The molecule has 2 unspecified atom stereocenters. The van der Waals surface area contributed by atoms with Crippen LogP contribution in [-0.2, 0) is 22.6 Å². The van der Waals surface area contributed by atoms with Crippen LogP contribution in [0.1, 0.15) is 24.5 Å². The molecule has 20 heavy (non-hydrogen) atoms. The maximum Gasteiger partial charge on any atom is 0.308 e. The molecule has 3 N–H and O–H groups in total. The van der Waals surface area contributed by atoms with Crippen molar-refractivity contribution in [1.82, 2.24) is 10.6 Å². The van der Waals surface area contributed by atoms with Crippen molar-refractivity contribution in [3.63, 3.8) is 0 Å². The molecule has 1 aromatic carbocycles. The van der Waals surface area contributed by atoms with Crippen molar-refractivity contribution in [1.29, 1.82) is 0 Å². The van der Waals surface area contributed by atoms with Gasteiger partial charge in [0.05, 0.1) is 12.0 Å². The standard InChI is InChI=1S/C15H20N2O3/c1-2-10(15(19)20)8-17-14(18)13-7-11-5-3-4-6-12(11)9-16-13/h3-6,10,13,16H,2,7-9H2,1H3,(H,17,18)(H,19,20). The Morgan fingerprint density at radius 3 is 2.75 bits per heavy atom. The number of carbonyl (C=O) groups is 2. The second-order valence-corrected chi connectivity index (χ2v) is 5.09. The molecule has 108 valence electrons. The molecule has 5 nitrogen and oxygen atoms in total. The van der Waals surface area contributed by atoms with Crippen molar-refractivity contribution >= 4 is 11.9 Å². The smallest absolute Gasteiger partial charge is 0.308 e. The highest BCUT2D eigenvalue weighted by Crippen LogP contribution is 2.16. The summed E-state index contributed by atoms with van der Waals surface area (Å²) in [6.07, 6.45) is 1.16. The van der Waals surface area contributed by atoms with Crippen LogP contribution in [0.2, 0.25) is 0 Å². The molecule has 0 saturated carbocycles. The molecule has 0 saturated heterocycles. The van der Waals surface area contributed by atoms with Crippen molar-refractivity contribution in [3.05, 3.63) is 35.4 Å². The van der Waals surface area contributed by atoms with E-state index in [1.54, 1.807) is 6.92 Å². The Balaban J connectivity index is 1.90. The molecule has 1 aliphatic heterocycles. The van der Waals surface area contributed by atoms with E-state index in [0.29, 0.717) is 19.4 Å². The van der Waals surface area contributed by atoms with Gasteiger partial charge in [0.2, 0.25) is 5.91 Å². The Morgan fingerprint density at radius 1 is 1.40 bits per heavy atom. The number of rotatable bonds is 5. The minimum absolute atomic E-state index is 0.126. The number of amides is 1. The number of benzene rings is 1. The number of carboxylic acids is 1. The predicted molar refractivity (Wildman–Crippen MR) is 75.2 cm³/mol. The lowest BCUT2D eigenvalue weighted by Crippen LogP contribution is -2.49. The fraction of sp³-hybridized carbons (Fsp3) is 0.467. The van der Waals surface area contributed by atoms with Gasteiger partial charge < -0.3 is 15.7 Å². The van der Waals surface area contributed by atoms with Crippen LogP contribution in [-0.4, -0.2) is 29.6 Å². The molecule has 1 aliphatic rings. The minimum atomic E-state index is -0.866. The number of carbonyl (C=O) groups excluding carboxylic acids is 1. The Hall–Kier alpha value is -1.88. The maximum absolute atomic E-state index is 12.1. The van der Waals surface area contributed by atoms with Crippen molar-refractivity contribution < 1.29 is 14.7 Å². The first kappa shape index (κ1) is 14.5. The molecule has 1 amide bonds. The maximum atomic E-state index is 12.1. The summed E-state index contributed by atoms with van der Waals surface area (Å²) in [4.78, 5) is 23.0. The minimum Gasteiger partial charge on any atom is -0.481 e. The van der Waals surface area contributed by atoms with Crippen molar-refractivity contribution in [2.24, 2.45) is 5.92 Å². The highest BCUT2D eigenvalue weighted by Gasteiger charge is 2.25. The molecule has 1 heterocycles. The van der Waals surface area contributed by atoms with Crippen molar-refractivity contribution in [3.8, 4) is 0 Å². The Kier molecular flexibility index (Phi) is 4.74. The van der Waals surface area contributed by atoms with E-state index in [-0.39, 0.29) is 18.5 Å². The van der Waals surface area contributed by atoms with E-state index in [0.717, 1.165) is 0 Å². The van der Waals surface area contributed by atoms with Crippen LogP contribution < -0.4 is 10.6 Å². The third kappa shape index (κ3) is 3.36. The molecule has 1 aromatic rings. The Labute approximate surface area is 118 Å². The number of fused-ring (bicyclic) bond motifs is 1. The fourth-order valence-corrected chi connectivity index (χ4v) is 2.39. The van der Waals surface area contributed by atoms with E-state index in [9.17, 15) is 9.59 Å². The van der Waals surface area contributed by atoms with E-state index in [4.69, 9.17) is 5.11 Å². The van der Waals surface area contributed by atoms with Gasteiger partial charge in [-0.3, -0.25) is 9.59 Å². The molecular formula is C15H20N2O3. The molecule has 5 heteroatoms. The monoisotopic (exact) mass is 276 g/mol.